The molecule has 15 heteroatoms. The predicted octanol–water partition coefficient (Wildman–Crippen LogP) is 3.78. The molecule has 3 rings (SSSR count). The van der Waals surface area contributed by atoms with Crippen LogP contribution in [0.5, 0.6) is 0 Å². The van der Waals surface area contributed by atoms with Crippen LogP contribution in [0.2, 0.25) is 0 Å². The second-order valence-corrected chi connectivity index (χ2v) is 14.8. The molecule has 0 bridgehead atoms. The summed E-state index contributed by atoms with van der Waals surface area (Å²) in [6.45, 7) is 6.77. The van der Waals surface area contributed by atoms with Crippen molar-refractivity contribution < 1.29 is 53.6 Å². The van der Waals surface area contributed by atoms with Gasteiger partial charge in [0.05, 0.1) is 52.2 Å². The molecule has 5 atom stereocenters. The Morgan fingerprint density at radius 3 is 2.11 bits per heavy atom. The van der Waals surface area contributed by atoms with Gasteiger partial charge in [0, 0.05) is 25.2 Å². The van der Waals surface area contributed by atoms with Gasteiger partial charge in [0.15, 0.2) is 11.6 Å². The molecule has 286 valence electrons. The summed E-state index contributed by atoms with van der Waals surface area (Å²) in [5, 5.41) is 35.2. The molecule has 2 amide bonds. The number of ether oxygens (including phenoxy) is 1. The number of aliphatic carboxylic acids is 2. The largest absolute Gasteiger partial charge is 0.481 e. The number of rotatable bonds is 22. The van der Waals surface area contributed by atoms with Crippen LogP contribution >= 0.6 is 11.3 Å². The molecular formula is C38H47N3O11S. The number of fused-ring (bicyclic) bond motifs is 1. The third kappa shape index (κ3) is 14.1. The van der Waals surface area contributed by atoms with Gasteiger partial charge in [-0.2, -0.15) is 0 Å². The van der Waals surface area contributed by atoms with Gasteiger partial charge in [0.25, 0.3) is 0 Å². The molecule has 0 aliphatic rings. The van der Waals surface area contributed by atoms with E-state index in [1.165, 1.54) is 18.3 Å². The maximum absolute atomic E-state index is 13.6. The number of aliphatic hydroxyl groups is 1. The zero-order valence-electron chi connectivity index (χ0n) is 30.2. The topological polar surface area (TPSA) is 226 Å². The number of nitrogens with one attached hydrogen (secondary N) is 2. The summed E-state index contributed by atoms with van der Waals surface area (Å²) in [5.41, 5.74) is 2.08. The summed E-state index contributed by atoms with van der Waals surface area (Å²) in [5.74, 6) is -8.72. The predicted molar refractivity (Wildman–Crippen MR) is 195 cm³/mol. The number of amides is 2. The molecule has 0 saturated heterocycles. The van der Waals surface area contributed by atoms with Gasteiger partial charge in [-0.15, -0.1) is 11.3 Å². The van der Waals surface area contributed by atoms with Crippen LogP contribution in [0.4, 0.5) is 0 Å². The van der Waals surface area contributed by atoms with Gasteiger partial charge in [0.1, 0.15) is 6.61 Å². The summed E-state index contributed by atoms with van der Waals surface area (Å²) in [7, 11) is 0. The smallest absolute Gasteiger partial charge is 0.306 e. The molecule has 2 aromatic carbocycles. The SMILES string of the molecule is Cc1nc2ccc(CC(=O)C(CC(=O)O)NC(=O)C(CC(=O)C(CCC(=O)O)NC(=O)C(CC(=O)OCc3ccccc3)CC(C)C)C(C)O)cc2s1. The third-order valence-corrected chi connectivity index (χ3v) is 9.43. The van der Waals surface area contributed by atoms with E-state index >= 15 is 0 Å². The van der Waals surface area contributed by atoms with Gasteiger partial charge >= 0.3 is 17.9 Å². The summed E-state index contributed by atoms with van der Waals surface area (Å²) in [4.78, 5) is 94.1. The molecule has 0 spiro atoms. The van der Waals surface area contributed by atoms with Crippen LogP contribution in [0.15, 0.2) is 48.5 Å². The minimum absolute atomic E-state index is 0.000531. The molecule has 5 N–H and O–H groups in total. The number of aromatic nitrogens is 1. The maximum atomic E-state index is 13.6. The Kier molecular flexibility index (Phi) is 16.2. The fourth-order valence-corrected chi connectivity index (χ4v) is 6.67. The number of Topliss-reactive ketones (excluding diaryl/α,β-unsaturated/α-hetero) is 2. The third-order valence-electron chi connectivity index (χ3n) is 8.50. The number of hydrogen-bond donors (Lipinski definition) is 5. The summed E-state index contributed by atoms with van der Waals surface area (Å²) >= 11 is 1.43. The van der Waals surface area contributed by atoms with Crippen LogP contribution in [0, 0.1) is 24.7 Å². The molecule has 0 radical (unpaired) electrons. The number of aliphatic hydroxyl groups excluding tert-OH is 1. The lowest BCUT2D eigenvalue weighted by atomic mass is 9.89. The van der Waals surface area contributed by atoms with Gasteiger partial charge in [0.2, 0.25) is 11.8 Å². The first-order chi connectivity index (χ1) is 25.0. The van der Waals surface area contributed by atoms with Crippen molar-refractivity contribution >= 4 is 62.8 Å². The molecule has 1 aromatic heterocycles. The van der Waals surface area contributed by atoms with Crippen LogP contribution < -0.4 is 10.6 Å². The number of carbonyl (C=O) groups is 7. The zero-order valence-corrected chi connectivity index (χ0v) is 31.0. The van der Waals surface area contributed by atoms with Crippen LogP contribution in [0.3, 0.4) is 0 Å². The first kappa shape index (κ1) is 42.4. The summed E-state index contributed by atoms with van der Waals surface area (Å²) in [6, 6.07) is 11.3. The van der Waals surface area contributed by atoms with Gasteiger partial charge in [-0.3, -0.25) is 33.6 Å². The number of hydrogen-bond acceptors (Lipinski definition) is 11. The lowest BCUT2D eigenvalue weighted by molar-refractivity contribution is -0.148. The summed E-state index contributed by atoms with van der Waals surface area (Å²) in [6.07, 6.45) is -3.99. The monoisotopic (exact) mass is 753 g/mol. The van der Waals surface area contributed by atoms with Gasteiger partial charge < -0.3 is 30.7 Å². The van der Waals surface area contributed by atoms with E-state index in [9.17, 15) is 48.9 Å². The fraction of sp³-hybridized carbons (Fsp3) is 0.474. The van der Waals surface area contributed by atoms with E-state index in [0.717, 1.165) is 20.8 Å². The van der Waals surface area contributed by atoms with Crippen molar-refractivity contribution in [1.29, 1.82) is 0 Å². The molecule has 53 heavy (non-hydrogen) atoms. The molecule has 5 unspecified atom stereocenters. The van der Waals surface area contributed by atoms with Crippen LogP contribution in [-0.4, -0.2) is 79.8 Å². The number of carbonyl (C=O) groups excluding carboxylic acids is 5. The highest BCUT2D eigenvalue weighted by Crippen LogP contribution is 2.24. The van der Waals surface area contributed by atoms with Gasteiger partial charge in [-0.1, -0.05) is 50.2 Å². The quantitative estimate of drug-likeness (QED) is 0.0925. The average Bonchev–Trinajstić information content (AvgIpc) is 3.46. The normalized spacial score (nSPS) is 14.1. The number of nitrogens with zero attached hydrogens (tertiary/aromatic N) is 1. The number of carboxylic acid groups (broad SMARTS) is 2. The first-order valence-electron chi connectivity index (χ1n) is 17.4. The number of ketones is 2. The molecule has 0 aliphatic carbocycles. The minimum Gasteiger partial charge on any atom is -0.481 e. The van der Waals surface area contributed by atoms with Gasteiger partial charge in [-0.05, 0) is 55.9 Å². The van der Waals surface area contributed by atoms with Crippen molar-refractivity contribution in [3.05, 3.63) is 64.7 Å². The molecule has 1 heterocycles. The van der Waals surface area contributed by atoms with E-state index in [1.807, 2.05) is 26.8 Å². The second-order valence-electron chi connectivity index (χ2n) is 13.5. The van der Waals surface area contributed by atoms with Crippen LogP contribution in [0.1, 0.15) is 75.4 Å². The molecule has 0 aliphatic heterocycles. The van der Waals surface area contributed by atoms with Crippen LogP contribution in [0.25, 0.3) is 10.2 Å². The second kappa shape index (κ2) is 20.3. The molecule has 14 nitrogen and oxygen atoms in total. The van der Waals surface area contributed by atoms with Crippen molar-refractivity contribution in [1.82, 2.24) is 15.6 Å². The van der Waals surface area contributed by atoms with Crippen molar-refractivity contribution in [2.24, 2.45) is 17.8 Å². The molecule has 3 aromatic rings. The lowest BCUT2D eigenvalue weighted by Gasteiger charge is -2.26. The van der Waals surface area contributed by atoms with Crippen LogP contribution in [-0.2, 0) is 51.3 Å². The van der Waals surface area contributed by atoms with Crippen molar-refractivity contribution in [3.8, 4) is 0 Å². The Morgan fingerprint density at radius 2 is 1.49 bits per heavy atom. The van der Waals surface area contributed by atoms with Crippen molar-refractivity contribution in [2.45, 2.75) is 97.4 Å². The highest BCUT2D eigenvalue weighted by Gasteiger charge is 2.35. The van der Waals surface area contributed by atoms with E-state index in [2.05, 4.69) is 15.6 Å². The Bertz CT molecular complexity index is 1770. The van der Waals surface area contributed by atoms with Crippen molar-refractivity contribution in [3.63, 3.8) is 0 Å². The minimum atomic E-state index is -1.49. The van der Waals surface area contributed by atoms with E-state index in [4.69, 9.17) is 4.74 Å². The average molecular weight is 754 g/mol. The highest BCUT2D eigenvalue weighted by atomic mass is 32.1. The Morgan fingerprint density at radius 1 is 0.811 bits per heavy atom. The Balaban J connectivity index is 1.73. The fourth-order valence-electron chi connectivity index (χ4n) is 5.78. The molecule has 0 fully saturated rings. The first-order valence-corrected chi connectivity index (χ1v) is 18.2. The zero-order chi connectivity index (χ0) is 39.2. The highest BCUT2D eigenvalue weighted by molar-refractivity contribution is 7.18. The standard InChI is InChI=1S/C38H47N3O11S/c1-21(2)14-26(17-36(49)52-20-24-8-6-5-7-9-24)37(50)40-28(12-13-34(45)46)32(44)18-27(22(3)42)38(51)41-30(19-35(47)48)31(43)15-25-10-11-29-33(16-25)53-23(4)39-29/h5-11,16,21-22,26-28,30,42H,12-15,17-20H2,1-4H3,(H,40,50)(H,41,51)(H,45,46)(H,47,48). The van der Waals surface area contributed by atoms with E-state index in [0.29, 0.717) is 5.56 Å². The number of benzene rings is 2. The number of carboxylic acids is 2. The maximum Gasteiger partial charge on any atom is 0.306 e. The molecular weight excluding hydrogens is 706 g/mol. The van der Waals surface area contributed by atoms with E-state index < -0.39 is 90.6 Å². The number of aryl methyl sites for hydroxylation is 1. The number of esters is 1. The van der Waals surface area contributed by atoms with Gasteiger partial charge in [-0.25, -0.2) is 4.98 Å². The summed E-state index contributed by atoms with van der Waals surface area (Å²) < 4.78 is 6.19. The van der Waals surface area contributed by atoms with E-state index in [1.54, 1.807) is 42.5 Å². The lowest BCUT2D eigenvalue weighted by Crippen LogP contribution is -2.50. The Labute approximate surface area is 311 Å². The number of thiazole rings is 1. The van der Waals surface area contributed by atoms with Crippen molar-refractivity contribution in [2.75, 3.05) is 0 Å². The van der Waals surface area contributed by atoms with E-state index in [-0.39, 0.29) is 38.2 Å². The molecule has 0 saturated carbocycles. The Hall–Kier alpha value is -5.02.